The van der Waals surface area contributed by atoms with E-state index < -0.39 is 0 Å². The second-order valence-electron chi connectivity index (χ2n) is 10.8. The minimum absolute atomic E-state index is 0.0498. The normalized spacial score (nSPS) is 21.2. The van der Waals surface area contributed by atoms with Gasteiger partial charge in [0.25, 0.3) is 0 Å². The van der Waals surface area contributed by atoms with Crippen LogP contribution in [0.3, 0.4) is 0 Å². The Morgan fingerprint density at radius 2 is 1.67 bits per heavy atom. The van der Waals surface area contributed by atoms with Crippen molar-refractivity contribution in [3.63, 3.8) is 0 Å². The Morgan fingerprint density at radius 3 is 2.33 bits per heavy atom. The first-order chi connectivity index (χ1) is 15.8. The molecule has 33 heavy (non-hydrogen) atoms. The quantitative estimate of drug-likeness (QED) is 0.209. The molecule has 4 heteroatoms. The molecule has 0 aromatic heterocycles. The maximum absolute atomic E-state index is 10.6. The topological polar surface area (TPSA) is 58.9 Å². The molecular formula is C29H46O4. The lowest BCUT2D eigenvalue weighted by atomic mass is 9.93. The first kappa shape index (κ1) is 25.8. The van der Waals surface area contributed by atoms with Crippen LogP contribution in [0.4, 0.5) is 0 Å². The van der Waals surface area contributed by atoms with Gasteiger partial charge in [-0.3, -0.25) is 0 Å². The fourth-order valence-electron chi connectivity index (χ4n) is 5.30. The van der Waals surface area contributed by atoms with Crippen molar-refractivity contribution in [2.24, 2.45) is 23.7 Å². The summed E-state index contributed by atoms with van der Waals surface area (Å²) in [6.45, 7) is 6.38. The fraction of sp³-hybridized carbons (Fsp3) is 0.724. The van der Waals surface area contributed by atoms with Crippen molar-refractivity contribution in [2.75, 3.05) is 14.2 Å². The molecule has 0 spiro atoms. The smallest absolute Gasteiger partial charge is 0.207 e. The lowest BCUT2D eigenvalue weighted by Gasteiger charge is -2.19. The summed E-state index contributed by atoms with van der Waals surface area (Å²) in [5, 5.41) is 21.1. The van der Waals surface area contributed by atoms with Crippen LogP contribution in [0.15, 0.2) is 11.6 Å². The molecular weight excluding hydrogens is 412 g/mol. The van der Waals surface area contributed by atoms with E-state index >= 15 is 0 Å². The first-order valence-electron chi connectivity index (χ1n) is 13.2. The molecule has 1 aromatic carbocycles. The number of rotatable bonds is 15. The van der Waals surface area contributed by atoms with Crippen LogP contribution >= 0.6 is 0 Å². The number of ether oxygens (including phenoxy) is 2. The summed E-state index contributed by atoms with van der Waals surface area (Å²) in [5.74, 6) is 4.27. The van der Waals surface area contributed by atoms with E-state index in [-0.39, 0.29) is 23.0 Å². The number of aromatic hydroxyl groups is 2. The van der Waals surface area contributed by atoms with E-state index in [1.165, 1.54) is 71.2 Å². The molecule has 2 aliphatic carbocycles. The van der Waals surface area contributed by atoms with Gasteiger partial charge in [0.05, 0.1) is 14.2 Å². The predicted octanol–water partition coefficient (Wildman–Crippen LogP) is 7.72. The van der Waals surface area contributed by atoms with E-state index in [1.807, 2.05) is 6.92 Å². The lowest BCUT2D eigenvalue weighted by Crippen LogP contribution is -2.02. The number of phenolic OH excluding ortho intramolecular Hbond substituents is 2. The minimum atomic E-state index is 0.0498. The highest BCUT2D eigenvalue weighted by Crippen LogP contribution is 2.49. The molecule has 0 heterocycles. The Hall–Kier alpha value is -1.84. The van der Waals surface area contributed by atoms with Gasteiger partial charge in [0.1, 0.15) is 0 Å². The number of hydrogen-bond donors (Lipinski definition) is 2. The molecule has 3 atom stereocenters. The molecule has 1 unspecified atom stereocenters. The molecule has 0 saturated heterocycles. The summed E-state index contributed by atoms with van der Waals surface area (Å²) >= 11 is 0. The van der Waals surface area contributed by atoms with E-state index in [0.717, 1.165) is 42.6 Å². The Bertz CT molecular complexity index is 809. The van der Waals surface area contributed by atoms with Crippen molar-refractivity contribution in [1.29, 1.82) is 0 Å². The molecule has 0 aliphatic heterocycles. The molecule has 2 aliphatic rings. The number of benzene rings is 1. The highest BCUT2D eigenvalue weighted by Gasteiger charge is 2.36. The van der Waals surface area contributed by atoms with Gasteiger partial charge in [-0.1, -0.05) is 37.8 Å². The number of allylic oxidation sites excluding steroid dienone is 2. The van der Waals surface area contributed by atoms with Gasteiger partial charge >= 0.3 is 0 Å². The zero-order valence-electron chi connectivity index (χ0n) is 21.6. The molecule has 1 aromatic rings. The molecule has 0 amide bonds. The summed E-state index contributed by atoms with van der Waals surface area (Å²) in [7, 11) is 2.94. The van der Waals surface area contributed by atoms with Crippen LogP contribution in [0.2, 0.25) is 0 Å². The Balaban J connectivity index is 1.35. The summed E-state index contributed by atoms with van der Waals surface area (Å²) in [5.41, 5.74) is 2.95. The molecule has 0 radical (unpaired) electrons. The monoisotopic (exact) mass is 458 g/mol. The zero-order chi connectivity index (χ0) is 24.0. The highest BCUT2D eigenvalue weighted by molar-refractivity contribution is 5.65. The van der Waals surface area contributed by atoms with E-state index in [9.17, 15) is 10.2 Å². The van der Waals surface area contributed by atoms with Crippen LogP contribution in [0.25, 0.3) is 0 Å². The van der Waals surface area contributed by atoms with Crippen molar-refractivity contribution in [2.45, 2.75) is 97.8 Å². The van der Waals surface area contributed by atoms with E-state index in [4.69, 9.17) is 9.47 Å². The molecule has 4 nitrogen and oxygen atoms in total. The first-order valence-corrected chi connectivity index (χ1v) is 13.2. The molecule has 3 rings (SSSR count). The molecule has 2 saturated carbocycles. The summed E-state index contributed by atoms with van der Waals surface area (Å²) in [6.07, 6.45) is 17.9. The van der Waals surface area contributed by atoms with Gasteiger partial charge in [-0.05, 0) is 95.3 Å². The Morgan fingerprint density at radius 1 is 1.00 bits per heavy atom. The van der Waals surface area contributed by atoms with Gasteiger partial charge < -0.3 is 19.7 Å². The maximum Gasteiger partial charge on any atom is 0.207 e. The largest absolute Gasteiger partial charge is 0.504 e. The van der Waals surface area contributed by atoms with Crippen LogP contribution in [0, 0.1) is 30.6 Å². The van der Waals surface area contributed by atoms with Gasteiger partial charge in [-0.2, -0.15) is 0 Å². The van der Waals surface area contributed by atoms with Crippen LogP contribution in [0.1, 0.15) is 95.6 Å². The van der Waals surface area contributed by atoms with Crippen molar-refractivity contribution >= 4 is 0 Å². The number of methoxy groups -OCH3 is 2. The third kappa shape index (κ3) is 7.32. The average molecular weight is 459 g/mol. The second-order valence-corrected chi connectivity index (χ2v) is 10.8. The summed E-state index contributed by atoms with van der Waals surface area (Å²) < 4.78 is 10.5. The van der Waals surface area contributed by atoms with Crippen molar-refractivity contribution in [3.05, 3.63) is 22.8 Å². The predicted molar refractivity (Wildman–Crippen MR) is 135 cm³/mol. The number of phenols is 2. The molecule has 186 valence electrons. The van der Waals surface area contributed by atoms with E-state index in [0.29, 0.717) is 17.9 Å². The fourth-order valence-corrected chi connectivity index (χ4v) is 5.30. The maximum atomic E-state index is 10.6. The van der Waals surface area contributed by atoms with E-state index in [1.54, 1.807) is 0 Å². The number of hydrogen-bond acceptors (Lipinski definition) is 4. The SMILES string of the molecule is COc1c(O)c(C)c(CCC(C)CC/C=C(\C)CCC[C@@H]2C[C@H]2CCC2CC2)c(O)c1OC. The average Bonchev–Trinajstić information content (AvgIpc) is 3.71. The molecule has 2 fully saturated rings. The summed E-state index contributed by atoms with van der Waals surface area (Å²) in [4.78, 5) is 0. The second kappa shape index (κ2) is 12.0. The standard InChI is InChI=1S/C29H46O4/c1-19(10-7-11-23-18-24(23)16-15-22-13-14-22)8-6-9-20(2)12-17-25-21(3)26(30)28(32-4)29(33-5)27(25)31/h8,20,22-24,30-31H,6-7,9-18H2,1-5H3/b19-8+/t20?,23-,24-/m1/s1. The van der Waals surface area contributed by atoms with Crippen LogP contribution < -0.4 is 9.47 Å². The molecule has 2 N–H and O–H groups in total. The van der Waals surface area contributed by atoms with Crippen LogP contribution in [0.5, 0.6) is 23.0 Å². The van der Waals surface area contributed by atoms with Gasteiger partial charge in [-0.15, -0.1) is 0 Å². The minimum Gasteiger partial charge on any atom is -0.504 e. The Labute approximate surface area is 201 Å². The van der Waals surface area contributed by atoms with Gasteiger partial charge in [0.2, 0.25) is 11.5 Å². The van der Waals surface area contributed by atoms with Gasteiger partial charge in [0.15, 0.2) is 11.5 Å². The third-order valence-corrected chi connectivity index (χ3v) is 8.04. The van der Waals surface area contributed by atoms with Crippen LogP contribution in [-0.2, 0) is 6.42 Å². The van der Waals surface area contributed by atoms with E-state index in [2.05, 4.69) is 19.9 Å². The highest BCUT2D eigenvalue weighted by atomic mass is 16.5. The van der Waals surface area contributed by atoms with Crippen molar-refractivity contribution in [3.8, 4) is 23.0 Å². The van der Waals surface area contributed by atoms with Crippen molar-refractivity contribution < 1.29 is 19.7 Å². The summed E-state index contributed by atoms with van der Waals surface area (Å²) in [6, 6.07) is 0. The molecule has 0 bridgehead atoms. The Kier molecular flexibility index (Phi) is 9.40. The van der Waals surface area contributed by atoms with Gasteiger partial charge in [0, 0.05) is 11.1 Å². The van der Waals surface area contributed by atoms with Crippen molar-refractivity contribution in [1.82, 2.24) is 0 Å². The third-order valence-electron chi connectivity index (χ3n) is 8.04. The lowest BCUT2D eigenvalue weighted by molar-refractivity contribution is 0.313. The van der Waals surface area contributed by atoms with Crippen LogP contribution in [-0.4, -0.2) is 24.4 Å². The van der Waals surface area contributed by atoms with Gasteiger partial charge in [-0.25, -0.2) is 0 Å². The zero-order valence-corrected chi connectivity index (χ0v) is 21.6.